The highest BCUT2D eigenvalue weighted by molar-refractivity contribution is 5.09. The molecule has 0 saturated heterocycles. The van der Waals surface area contributed by atoms with Crippen LogP contribution >= 0.6 is 0 Å². The van der Waals surface area contributed by atoms with Gasteiger partial charge in [-0.15, -0.1) is 0 Å². The molecule has 4 heteroatoms. The van der Waals surface area contributed by atoms with E-state index in [1.807, 2.05) is 25.9 Å². The predicted octanol–water partition coefficient (Wildman–Crippen LogP) is 2.02. The summed E-state index contributed by atoms with van der Waals surface area (Å²) in [7, 11) is 4.01. The van der Waals surface area contributed by atoms with Gasteiger partial charge in [0.1, 0.15) is 0 Å². The van der Waals surface area contributed by atoms with Crippen LogP contribution in [0.15, 0.2) is 0 Å². The minimum absolute atomic E-state index is 0.336. The zero-order valence-corrected chi connectivity index (χ0v) is 14.3. The quantitative estimate of drug-likeness (QED) is 0.755. The summed E-state index contributed by atoms with van der Waals surface area (Å²) in [4.78, 5) is 2.04. The lowest BCUT2D eigenvalue weighted by Gasteiger charge is -2.58. The first-order valence-corrected chi connectivity index (χ1v) is 8.62. The van der Waals surface area contributed by atoms with Gasteiger partial charge < -0.3 is 20.1 Å². The molecule has 1 spiro atoms. The van der Waals surface area contributed by atoms with Crippen molar-refractivity contribution in [1.82, 2.24) is 10.2 Å². The van der Waals surface area contributed by atoms with Gasteiger partial charge in [0.2, 0.25) is 0 Å². The fourth-order valence-corrected chi connectivity index (χ4v) is 4.43. The fraction of sp³-hybridized carbons (Fsp3) is 1.00. The molecule has 2 saturated carbocycles. The van der Waals surface area contributed by atoms with E-state index >= 15 is 0 Å². The monoisotopic (exact) mass is 298 g/mol. The van der Waals surface area contributed by atoms with Crippen LogP contribution < -0.4 is 5.32 Å². The number of likely N-dealkylation sites (N-methyl/N-ethyl adjacent to an activating group) is 1. The second kappa shape index (κ2) is 6.95. The first-order valence-electron chi connectivity index (χ1n) is 8.62. The molecule has 0 aromatic rings. The lowest BCUT2D eigenvalue weighted by Crippen LogP contribution is -2.66. The fourth-order valence-electron chi connectivity index (χ4n) is 4.43. The standard InChI is InChI=1S/C17H34N2O2/c1-5-21-15-11-14(17(15)9-7-6-8-10-17)18-12-16(2,20)13-19(3)4/h14-15,18,20H,5-13H2,1-4H3. The van der Waals surface area contributed by atoms with E-state index in [0.717, 1.165) is 13.0 Å². The molecule has 0 aromatic carbocycles. The highest BCUT2D eigenvalue weighted by Gasteiger charge is 2.55. The van der Waals surface area contributed by atoms with Gasteiger partial charge in [-0.25, -0.2) is 0 Å². The summed E-state index contributed by atoms with van der Waals surface area (Å²) in [5.41, 5.74) is -0.335. The maximum atomic E-state index is 10.5. The first kappa shape index (κ1) is 17.2. The van der Waals surface area contributed by atoms with E-state index in [9.17, 15) is 5.11 Å². The van der Waals surface area contributed by atoms with Gasteiger partial charge in [-0.1, -0.05) is 19.3 Å². The van der Waals surface area contributed by atoms with E-state index in [4.69, 9.17) is 4.74 Å². The smallest absolute Gasteiger partial charge is 0.0869 e. The van der Waals surface area contributed by atoms with Crippen molar-refractivity contribution >= 4 is 0 Å². The van der Waals surface area contributed by atoms with Crippen molar-refractivity contribution in [3.63, 3.8) is 0 Å². The van der Waals surface area contributed by atoms with Gasteiger partial charge in [0.25, 0.3) is 0 Å². The Morgan fingerprint density at radius 1 is 1.29 bits per heavy atom. The molecule has 0 bridgehead atoms. The summed E-state index contributed by atoms with van der Waals surface area (Å²) < 4.78 is 5.99. The molecule has 21 heavy (non-hydrogen) atoms. The van der Waals surface area contributed by atoms with Crippen molar-refractivity contribution < 1.29 is 9.84 Å². The van der Waals surface area contributed by atoms with Crippen LogP contribution in [0.4, 0.5) is 0 Å². The van der Waals surface area contributed by atoms with Crippen molar-refractivity contribution in [1.29, 1.82) is 0 Å². The highest BCUT2D eigenvalue weighted by atomic mass is 16.5. The summed E-state index contributed by atoms with van der Waals surface area (Å²) in [6, 6.07) is 0.517. The third-order valence-corrected chi connectivity index (χ3v) is 5.32. The van der Waals surface area contributed by atoms with Gasteiger partial charge in [-0.3, -0.25) is 0 Å². The molecule has 0 heterocycles. The topological polar surface area (TPSA) is 44.7 Å². The van der Waals surface area contributed by atoms with Gasteiger partial charge in [0.05, 0.1) is 11.7 Å². The highest BCUT2D eigenvalue weighted by Crippen LogP contribution is 2.53. The van der Waals surface area contributed by atoms with E-state index < -0.39 is 5.60 Å². The zero-order valence-electron chi connectivity index (χ0n) is 14.3. The van der Waals surface area contributed by atoms with E-state index in [1.54, 1.807) is 0 Å². The molecule has 0 amide bonds. The molecule has 0 aliphatic heterocycles. The number of hydrogen-bond donors (Lipinski definition) is 2. The lowest BCUT2D eigenvalue weighted by atomic mass is 9.55. The summed E-state index contributed by atoms with van der Waals surface area (Å²) in [6.45, 7) is 6.19. The predicted molar refractivity (Wildman–Crippen MR) is 86.5 cm³/mol. The Bertz CT molecular complexity index is 325. The van der Waals surface area contributed by atoms with E-state index in [2.05, 4.69) is 12.2 Å². The molecule has 3 unspecified atom stereocenters. The summed E-state index contributed by atoms with van der Waals surface area (Å²) >= 11 is 0. The van der Waals surface area contributed by atoms with Crippen molar-refractivity contribution in [2.45, 2.75) is 70.1 Å². The first-order chi connectivity index (χ1) is 9.89. The molecule has 2 N–H and O–H groups in total. The van der Waals surface area contributed by atoms with Crippen LogP contribution in [0, 0.1) is 5.41 Å². The molecule has 2 rings (SSSR count). The number of aliphatic hydroxyl groups is 1. The Morgan fingerprint density at radius 3 is 2.52 bits per heavy atom. The maximum Gasteiger partial charge on any atom is 0.0869 e. The van der Waals surface area contributed by atoms with Crippen molar-refractivity contribution in [3.8, 4) is 0 Å². The molecule has 2 aliphatic carbocycles. The van der Waals surface area contributed by atoms with E-state index in [-0.39, 0.29) is 0 Å². The van der Waals surface area contributed by atoms with Gasteiger partial charge >= 0.3 is 0 Å². The van der Waals surface area contributed by atoms with Gasteiger partial charge in [-0.05, 0) is 47.2 Å². The molecule has 2 aliphatic rings. The number of rotatable bonds is 7. The van der Waals surface area contributed by atoms with Crippen LogP contribution in [0.2, 0.25) is 0 Å². The Hall–Kier alpha value is -0.160. The van der Waals surface area contributed by atoms with Crippen LogP contribution in [-0.2, 0) is 4.74 Å². The summed E-state index contributed by atoms with van der Waals surface area (Å²) in [5, 5.41) is 14.1. The Balaban J connectivity index is 1.91. The molecule has 124 valence electrons. The van der Waals surface area contributed by atoms with Crippen molar-refractivity contribution in [2.75, 3.05) is 33.8 Å². The Kier molecular flexibility index (Phi) is 5.69. The molecule has 0 aromatic heterocycles. The number of hydrogen-bond acceptors (Lipinski definition) is 4. The minimum atomic E-state index is -0.671. The van der Waals surface area contributed by atoms with Crippen LogP contribution in [-0.4, -0.2) is 61.5 Å². The average Bonchev–Trinajstić information content (AvgIpc) is 2.41. The Morgan fingerprint density at radius 2 is 1.95 bits per heavy atom. The van der Waals surface area contributed by atoms with Crippen molar-refractivity contribution in [3.05, 3.63) is 0 Å². The van der Waals surface area contributed by atoms with Gasteiger partial charge in [-0.2, -0.15) is 0 Å². The number of nitrogens with zero attached hydrogens (tertiary/aromatic N) is 1. The molecular formula is C17H34N2O2. The average molecular weight is 298 g/mol. The minimum Gasteiger partial charge on any atom is -0.388 e. The molecule has 4 nitrogen and oxygen atoms in total. The normalized spacial score (nSPS) is 31.1. The molecule has 3 atom stereocenters. The SMILES string of the molecule is CCOC1CC(NCC(C)(O)CN(C)C)C12CCCCC2. The Labute approximate surface area is 130 Å². The van der Waals surface area contributed by atoms with Crippen LogP contribution in [0.5, 0.6) is 0 Å². The van der Waals surface area contributed by atoms with Gasteiger partial charge in [0.15, 0.2) is 0 Å². The second-order valence-corrected chi connectivity index (χ2v) is 7.64. The lowest BCUT2D eigenvalue weighted by molar-refractivity contribution is -0.152. The number of nitrogens with one attached hydrogen (secondary N) is 1. The molecule has 0 radical (unpaired) electrons. The van der Waals surface area contributed by atoms with E-state index in [1.165, 1.54) is 32.1 Å². The summed E-state index contributed by atoms with van der Waals surface area (Å²) in [6.07, 6.45) is 8.12. The third kappa shape index (κ3) is 3.98. The van der Waals surface area contributed by atoms with Gasteiger partial charge in [0, 0.05) is 31.2 Å². The zero-order chi connectivity index (χ0) is 15.5. The van der Waals surface area contributed by atoms with Crippen LogP contribution in [0.3, 0.4) is 0 Å². The third-order valence-electron chi connectivity index (χ3n) is 5.32. The van der Waals surface area contributed by atoms with Crippen molar-refractivity contribution in [2.24, 2.45) is 5.41 Å². The second-order valence-electron chi connectivity index (χ2n) is 7.64. The largest absolute Gasteiger partial charge is 0.388 e. The number of ether oxygens (including phenoxy) is 1. The summed E-state index contributed by atoms with van der Waals surface area (Å²) in [5.74, 6) is 0. The molecule has 2 fully saturated rings. The van der Waals surface area contributed by atoms with Crippen LogP contribution in [0.1, 0.15) is 52.4 Å². The van der Waals surface area contributed by atoms with E-state index in [0.29, 0.717) is 30.7 Å². The maximum absolute atomic E-state index is 10.5. The molecular weight excluding hydrogens is 264 g/mol. The van der Waals surface area contributed by atoms with Crippen LogP contribution in [0.25, 0.3) is 0 Å².